The minimum atomic E-state index is -0.794. The van der Waals surface area contributed by atoms with Gasteiger partial charge in [0.15, 0.2) is 5.69 Å². The van der Waals surface area contributed by atoms with Crippen molar-refractivity contribution in [3.05, 3.63) is 53.0 Å². The van der Waals surface area contributed by atoms with Gasteiger partial charge < -0.3 is 20.9 Å². The standard InChI is InChI=1S/C18H17FN4O3/c1-25-10-3-6-14(26-2)9(7-10)8-12-13(19)5-4-11-15(20)17(18(21)24)23-22-16(11)12/h3-7H,8H2,1-2H3,(H2,20,22)(H2,21,24). The SMILES string of the molecule is COc1ccc(OC)c(Cc2c(F)ccc3c(N)c(C(N)=O)nnc23)c1. The number of benzene rings is 2. The summed E-state index contributed by atoms with van der Waals surface area (Å²) in [6.07, 6.45) is 0.174. The smallest absolute Gasteiger partial charge is 0.271 e. The number of hydrogen-bond donors (Lipinski definition) is 2. The Labute approximate surface area is 148 Å². The van der Waals surface area contributed by atoms with Crippen LogP contribution < -0.4 is 20.9 Å². The van der Waals surface area contributed by atoms with Crippen LogP contribution in [0.3, 0.4) is 0 Å². The molecule has 1 aromatic heterocycles. The van der Waals surface area contributed by atoms with Gasteiger partial charge in [0.25, 0.3) is 5.91 Å². The molecule has 3 aromatic rings. The molecule has 1 heterocycles. The zero-order valence-electron chi connectivity index (χ0n) is 14.2. The van der Waals surface area contributed by atoms with E-state index in [9.17, 15) is 9.18 Å². The maximum atomic E-state index is 14.5. The number of nitrogen functional groups attached to an aromatic ring is 1. The number of halogens is 1. The van der Waals surface area contributed by atoms with Gasteiger partial charge in [-0.2, -0.15) is 0 Å². The molecule has 3 rings (SSSR count). The van der Waals surface area contributed by atoms with Gasteiger partial charge in [-0.05, 0) is 30.3 Å². The van der Waals surface area contributed by atoms with E-state index in [4.69, 9.17) is 20.9 Å². The zero-order chi connectivity index (χ0) is 18.8. The van der Waals surface area contributed by atoms with Crippen molar-refractivity contribution in [2.24, 2.45) is 5.73 Å². The van der Waals surface area contributed by atoms with Crippen LogP contribution >= 0.6 is 0 Å². The van der Waals surface area contributed by atoms with Crippen LogP contribution in [0.4, 0.5) is 10.1 Å². The number of anilines is 1. The molecule has 0 saturated heterocycles. The largest absolute Gasteiger partial charge is 0.497 e. The summed E-state index contributed by atoms with van der Waals surface area (Å²) in [6.45, 7) is 0. The lowest BCUT2D eigenvalue weighted by atomic mass is 9.99. The molecule has 0 atom stereocenters. The number of carbonyl (C=O) groups is 1. The Balaban J connectivity index is 2.18. The molecule has 0 bridgehead atoms. The number of ether oxygens (including phenoxy) is 2. The molecular weight excluding hydrogens is 339 g/mol. The fourth-order valence-corrected chi connectivity index (χ4v) is 2.79. The van der Waals surface area contributed by atoms with E-state index in [1.807, 2.05) is 0 Å². The Morgan fingerprint density at radius 2 is 1.92 bits per heavy atom. The van der Waals surface area contributed by atoms with Crippen LogP contribution in [-0.4, -0.2) is 30.3 Å². The van der Waals surface area contributed by atoms with Crippen molar-refractivity contribution in [2.45, 2.75) is 6.42 Å². The maximum Gasteiger partial charge on any atom is 0.271 e. The summed E-state index contributed by atoms with van der Waals surface area (Å²) in [5.41, 5.74) is 12.4. The topological polar surface area (TPSA) is 113 Å². The fourth-order valence-electron chi connectivity index (χ4n) is 2.79. The third-order valence-corrected chi connectivity index (χ3v) is 4.11. The second-order valence-corrected chi connectivity index (χ2v) is 5.60. The quantitative estimate of drug-likeness (QED) is 0.723. The highest BCUT2D eigenvalue weighted by Gasteiger charge is 2.18. The van der Waals surface area contributed by atoms with Gasteiger partial charge in [-0.15, -0.1) is 10.2 Å². The van der Waals surface area contributed by atoms with Gasteiger partial charge in [0, 0.05) is 22.9 Å². The molecule has 2 aromatic carbocycles. The molecule has 0 unspecified atom stereocenters. The molecule has 0 aliphatic rings. The highest BCUT2D eigenvalue weighted by molar-refractivity contribution is 6.04. The Hall–Kier alpha value is -3.42. The van der Waals surface area contributed by atoms with Gasteiger partial charge >= 0.3 is 0 Å². The summed E-state index contributed by atoms with van der Waals surface area (Å²) in [6, 6.07) is 7.97. The predicted molar refractivity (Wildman–Crippen MR) is 94.8 cm³/mol. The highest BCUT2D eigenvalue weighted by Crippen LogP contribution is 2.31. The molecule has 0 fully saturated rings. The predicted octanol–water partition coefficient (Wildman–Crippen LogP) is 2.06. The minimum absolute atomic E-state index is 0.0707. The van der Waals surface area contributed by atoms with Crippen LogP contribution in [0.5, 0.6) is 11.5 Å². The van der Waals surface area contributed by atoms with Gasteiger partial charge in [0.1, 0.15) is 22.8 Å². The lowest BCUT2D eigenvalue weighted by Gasteiger charge is -2.13. The van der Waals surface area contributed by atoms with Crippen LogP contribution in [0.1, 0.15) is 21.6 Å². The van der Waals surface area contributed by atoms with Gasteiger partial charge in [-0.3, -0.25) is 4.79 Å². The number of aromatic nitrogens is 2. The van der Waals surface area contributed by atoms with E-state index in [1.54, 1.807) is 25.3 Å². The van der Waals surface area contributed by atoms with Gasteiger partial charge in [-0.1, -0.05) is 0 Å². The van der Waals surface area contributed by atoms with Crippen molar-refractivity contribution in [2.75, 3.05) is 20.0 Å². The maximum absolute atomic E-state index is 14.5. The number of nitrogens with two attached hydrogens (primary N) is 2. The fraction of sp³-hybridized carbons (Fsp3) is 0.167. The first-order valence-corrected chi connectivity index (χ1v) is 7.70. The molecule has 0 spiro atoms. The lowest BCUT2D eigenvalue weighted by Crippen LogP contribution is -2.17. The van der Waals surface area contributed by atoms with E-state index in [1.165, 1.54) is 19.2 Å². The van der Waals surface area contributed by atoms with E-state index >= 15 is 0 Å². The van der Waals surface area contributed by atoms with Crippen molar-refractivity contribution < 1.29 is 18.7 Å². The molecule has 0 saturated carbocycles. The molecule has 134 valence electrons. The summed E-state index contributed by atoms with van der Waals surface area (Å²) in [4.78, 5) is 11.4. The van der Waals surface area contributed by atoms with Crippen LogP contribution in [0, 0.1) is 5.82 Å². The van der Waals surface area contributed by atoms with Crippen LogP contribution in [0.25, 0.3) is 10.9 Å². The highest BCUT2D eigenvalue weighted by atomic mass is 19.1. The number of rotatable bonds is 5. The van der Waals surface area contributed by atoms with Crippen LogP contribution in [0.2, 0.25) is 0 Å². The van der Waals surface area contributed by atoms with Crippen molar-refractivity contribution in [3.8, 4) is 11.5 Å². The van der Waals surface area contributed by atoms with Crippen molar-refractivity contribution in [1.82, 2.24) is 10.2 Å². The average molecular weight is 356 g/mol. The molecule has 0 radical (unpaired) electrons. The summed E-state index contributed by atoms with van der Waals surface area (Å²) in [5, 5.41) is 8.14. The molecule has 26 heavy (non-hydrogen) atoms. The monoisotopic (exact) mass is 356 g/mol. The molecule has 7 nitrogen and oxygen atoms in total. The molecule has 0 aliphatic heterocycles. The average Bonchev–Trinajstić information content (AvgIpc) is 2.63. The summed E-state index contributed by atoms with van der Waals surface area (Å²) >= 11 is 0. The number of primary amides is 1. The Morgan fingerprint density at radius 1 is 1.15 bits per heavy atom. The Bertz CT molecular complexity index is 1010. The Kier molecular flexibility index (Phi) is 4.57. The van der Waals surface area contributed by atoms with Crippen molar-refractivity contribution in [3.63, 3.8) is 0 Å². The number of fused-ring (bicyclic) bond motifs is 1. The third-order valence-electron chi connectivity index (χ3n) is 4.11. The number of nitrogens with zero attached hydrogens (tertiary/aromatic N) is 2. The third kappa shape index (κ3) is 2.97. The van der Waals surface area contributed by atoms with Gasteiger partial charge in [-0.25, -0.2) is 4.39 Å². The minimum Gasteiger partial charge on any atom is -0.497 e. The summed E-state index contributed by atoms with van der Waals surface area (Å²) < 4.78 is 25.1. The summed E-state index contributed by atoms with van der Waals surface area (Å²) in [7, 11) is 3.07. The van der Waals surface area contributed by atoms with Gasteiger partial charge in [0.2, 0.25) is 0 Å². The molecule has 0 aliphatic carbocycles. The van der Waals surface area contributed by atoms with Crippen molar-refractivity contribution >= 4 is 22.5 Å². The number of hydrogen-bond acceptors (Lipinski definition) is 6. The second-order valence-electron chi connectivity index (χ2n) is 5.60. The van der Waals surface area contributed by atoms with Gasteiger partial charge in [0.05, 0.1) is 19.9 Å². The van der Waals surface area contributed by atoms with E-state index in [0.717, 1.165) is 0 Å². The first-order chi connectivity index (χ1) is 12.5. The number of amides is 1. The van der Waals surface area contributed by atoms with E-state index in [-0.39, 0.29) is 28.9 Å². The lowest BCUT2D eigenvalue weighted by molar-refractivity contribution is 0.0996. The first kappa shape index (κ1) is 17.4. The number of carbonyl (C=O) groups excluding carboxylic acids is 1. The molecular formula is C18H17FN4O3. The summed E-state index contributed by atoms with van der Waals surface area (Å²) in [5.74, 6) is -0.0694. The normalized spacial score (nSPS) is 10.7. The van der Waals surface area contributed by atoms with E-state index in [0.29, 0.717) is 22.4 Å². The van der Waals surface area contributed by atoms with E-state index in [2.05, 4.69) is 10.2 Å². The Morgan fingerprint density at radius 3 is 2.58 bits per heavy atom. The number of methoxy groups -OCH3 is 2. The van der Waals surface area contributed by atoms with Crippen LogP contribution in [0.15, 0.2) is 30.3 Å². The van der Waals surface area contributed by atoms with Crippen molar-refractivity contribution in [1.29, 1.82) is 0 Å². The second kappa shape index (κ2) is 6.83. The molecule has 1 amide bonds. The van der Waals surface area contributed by atoms with E-state index < -0.39 is 11.7 Å². The van der Waals surface area contributed by atoms with Crippen LogP contribution in [-0.2, 0) is 6.42 Å². The molecule has 8 heteroatoms. The first-order valence-electron chi connectivity index (χ1n) is 7.70. The zero-order valence-corrected chi connectivity index (χ0v) is 14.2. The molecule has 4 N–H and O–H groups in total.